The van der Waals surface area contributed by atoms with E-state index in [1.54, 1.807) is 0 Å². The van der Waals surface area contributed by atoms with E-state index in [0.29, 0.717) is 0 Å². The summed E-state index contributed by atoms with van der Waals surface area (Å²) >= 11 is 0. The third kappa shape index (κ3) is 4.54. The average Bonchev–Trinajstić information content (AvgIpc) is 3.84. The fourth-order valence-electron chi connectivity index (χ4n) is 10.3. The number of anilines is 3. The Bertz CT molecular complexity index is 3440. The molecule has 1 spiro atoms. The summed E-state index contributed by atoms with van der Waals surface area (Å²) in [6, 6.07) is 76.7. The summed E-state index contributed by atoms with van der Waals surface area (Å²) in [6.45, 7) is 0. The van der Waals surface area contributed by atoms with Crippen LogP contribution in [0.4, 0.5) is 17.1 Å². The maximum absolute atomic E-state index is 7.18. The van der Waals surface area contributed by atoms with Crippen LogP contribution in [0.5, 0.6) is 11.5 Å². The van der Waals surface area contributed by atoms with E-state index in [-0.39, 0.29) is 0 Å². The first kappa shape index (κ1) is 33.1. The monoisotopic (exact) mass is 765 g/mol. The molecule has 1 aromatic heterocycles. The van der Waals surface area contributed by atoms with Gasteiger partial charge in [0.15, 0.2) is 0 Å². The number of hydrogen-bond acceptors (Lipinski definition) is 3. The molecule has 0 saturated carbocycles. The third-order valence-corrected chi connectivity index (χ3v) is 12.9. The van der Waals surface area contributed by atoms with Crippen LogP contribution < -0.4 is 9.64 Å². The molecule has 3 heteroatoms. The molecule has 10 aromatic carbocycles. The Balaban J connectivity index is 1.02. The van der Waals surface area contributed by atoms with Gasteiger partial charge in [0.1, 0.15) is 22.7 Å². The van der Waals surface area contributed by atoms with Gasteiger partial charge in [-0.25, -0.2) is 0 Å². The normalized spacial score (nSPS) is 13.3. The first-order valence-electron chi connectivity index (χ1n) is 20.6. The molecule has 0 amide bonds. The van der Waals surface area contributed by atoms with E-state index >= 15 is 0 Å². The second-order valence-electron chi connectivity index (χ2n) is 16.0. The molecule has 0 atom stereocenters. The molecule has 0 fully saturated rings. The van der Waals surface area contributed by atoms with Gasteiger partial charge in [-0.15, -0.1) is 0 Å². The molecule has 2 aliphatic rings. The minimum atomic E-state index is -0.602. The molecule has 11 aromatic rings. The molecule has 60 heavy (non-hydrogen) atoms. The summed E-state index contributed by atoms with van der Waals surface area (Å²) in [5.74, 6) is 1.85. The molecule has 0 radical (unpaired) electrons. The number of para-hydroxylation sites is 2. The molecule has 1 aliphatic carbocycles. The van der Waals surface area contributed by atoms with Gasteiger partial charge in [-0.3, -0.25) is 0 Å². The fraction of sp³-hybridized carbons (Fsp3) is 0.0175. The van der Waals surface area contributed by atoms with Gasteiger partial charge in [0.05, 0.1) is 16.5 Å². The number of furan rings is 1. The molecule has 13 rings (SSSR count). The maximum atomic E-state index is 7.18. The van der Waals surface area contributed by atoms with E-state index in [9.17, 15) is 0 Å². The van der Waals surface area contributed by atoms with Gasteiger partial charge >= 0.3 is 0 Å². The SMILES string of the molecule is c1ccc(N(c2ccc(-c3ccc4c(c3)C3(c5ccccc5-4)c4ccc5ccccc5c4Oc4c3ccc3ccccc43)cc2)c2cccc3oc4ccccc4c23)cc1. The fourth-order valence-corrected chi connectivity index (χ4v) is 10.3. The van der Waals surface area contributed by atoms with Crippen molar-refractivity contribution in [1.29, 1.82) is 0 Å². The highest BCUT2D eigenvalue weighted by atomic mass is 16.5. The number of ether oxygens (including phenoxy) is 1. The topological polar surface area (TPSA) is 25.6 Å². The van der Waals surface area contributed by atoms with Gasteiger partial charge in [0, 0.05) is 38.7 Å². The number of benzene rings is 10. The van der Waals surface area contributed by atoms with Crippen LogP contribution in [0, 0.1) is 0 Å². The first-order chi connectivity index (χ1) is 29.8. The highest BCUT2D eigenvalue weighted by Gasteiger charge is 2.52. The van der Waals surface area contributed by atoms with Crippen LogP contribution in [0.2, 0.25) is 0 Å². The van der Waals surface area contributed by atoms with E-state index < -0.39 is 5.41 Å². The summed E-state index contributed by atoms with van der Waals surface area (Å²) in [7, 11) is 0. The van der Waals surface area contributed by atoms with Crippen LogP contribution in [0.15, 0.2) is 217 Å². The van der Waals surface area contributed by atoms with E-state index in [1.807, 2.05) is 12.1 Å². The van der Waals surface area contributed by atoms with Gasteiger partial charge in [0.2, 0.25) is 0 Å². The number of hydrogen-bond donors (Lipinski definition) is 0. The van der Waals surface area contributed by atoms with Crippen molar-refractivity contribution >= 4 is 60.5 Å². The van der Waals surface area contributed by atoms with Gasteiger partial charge in [-0.05, 0) is 92.7 Å². The molecule has 0 bridgehead atoms. The van der Waals surface area contributed by atoms with Crippen molar-refractivity contribution in [3.63, 3.8) is 0 Å². The zero-order valence-electron chi connectivity index (χ0n) is 32.5. The molecule has 1 aliphatic heterocycles. The maximum Gasteiger partial charge on any atom is 0.140 e. The lowest BCUT2D eigenvalue weighted by Gasteiger charge is -2.40. The van der Waals surface area contributed by atoms with E-state index in [4.69, 9.17) is 9.15 Å². The first-order valence-corrected chi connectivity index (χ1v) is 20.6. The molecule has 2 heterocycles. The van der Waals surface area contributed by atoms with Crippen molar-refractivity contribution < 1.29 is 9.15 Å². The van der Waals surface area contributed by atoms with Crippen LogP contribution >= 0.6 is 0 Å². The highest BCUT2D eigenvalue weighted by molar-refractivity contribution is 6.13. The summed E-state index contributed by atoms with van der Waals surface area (Å²) in [4.78, 5) is 2.34. The summed E-state index contributed by atoms with van der Waals surface area (Å²) in [5, 5.41) is 6.77. The van der Waals surface area contributed by atoms with Crippen LogP contribution in [-0.2, 0) is 5.41 Å². The van der Waals surface area contributed by atoms with Crippen molar-refractivity contribution in [2.75, 3.05) is 4.90 Å². The van der Waals surface area contributed by atoms with Crippen molar-refractivity contribution in [3.8, 4) is 33.8 Å². The zero-order valence-corrected chi connectivity index (χ0v) is 32.5. The minimum Gasteiger partial charge on any atom is -0.456 e. The Morgan fingerprint density at radius 1 is 0.367 bits per heavy atom. The standard InChI is InChI=1S/C57H35NO2/c1-2-15-40(16-3-1)58(51-22-12-24-53-54(51)46-20-9-11-23-52(46)59-53)41-30-25-36(26-31-41)39-27-32-45-44-19-8-10-21-47(44)57(50(45)35-39)48-33-28-37-13-4-6-17-42(37)55(48)60-56-43-18-7-5-14-38(43)29-34-49(56)57/h1-35H. The second-order valence-corrected chi connectivity index (χ2v) is 16.0. The summed E-state index contributed by atoms with van der Waals surface area (Å²) in [6.07, 6.45) is 0. The highest BCUT2D eigenvalue weighted by Crippen LogP contribution is 2.64. The van der Waals surface area contributed by atoms with Crippen molar-refractivity contribution in [2.24, 2.45) is 0 Å². The predicted octanol–water partition coefficient (Wildman–Crippen LogP) is 15.5. The Kier molecular flexibility index (Phi) is 6.93. The molecular weight excluding hydrogens is 731 g/mol. The molecule has 280 valence electrons. The molecule has 3 nitrogen and oxygen atoms in total. The van der Waals surface area contributed by atoms with Crippen LogP contribution in [-0.4, -0.2) is 0 Å². The Labute approximate surface area is 347 Å². The average molecular weight is 766 g/mol. The Morgan fingerprint density at radius 3 is 1.70 bits per heavy atom. The number of rotatable bonds is 4. The molecule has 0 unspecified atom stereocenters. The lowest BCUT2D eigenvalue weighted by atomic mass is 9.65. The Hall–Kier alpha value is -7.88. The second kappa shape index (κ2) is 12.6. The predicted molar refractivity (Wildman–Crippen MR) is 246 cm³/mol. The smallest absolute Gasteiger partial charge is 0.140 e. The van der Waals surface area contributed by atoms with Gasteiger partial charge in [0.25, 0.3) is 0 Å². The van der Waals surface area contributed by atoms with Crippen molar-refractivity contribution in [1.82, 2.24) is 0 Å². The van der Waals surface area contributed by atoms with Gasteiger partial charge < -0.3 is 14.1 Å². The quantitative estimate of drug-likeness (QED) is 0.178. The van der Waals surface area contributed by atoms with E-state index in [1.165, 1.54) is 33.4 Å². The lowest BCUT2D eigenvalue weighted by Crippen LogP contribution is -2.32. The van der Waals surface area contributed by atoms with E-state index in [0.717, 1.165) is 83.2 Å². The van der Waals surface area contributed by atoms with Gasteiger partial charge in [-0.1, -0.05) is 164 Å². The van der Waals surface area contributed by atoms with Crippen molar-refractivity contribution in [3.05, 3.63) is 235 Å². The lowest BCUT2D eigenvalue weighted by molar-refractivity contribution is 0.447. The molecule has 0 N–H and O–H groups in total. The van der Waals surface area contributed by atoms with Crippen LogP contribution in [0.3, 0.4) is 0 Å². The van der Waals surface area contributed by atoms with Crippen molar-refractivity contribution in [2.45, 2.75) is 5.41 Å². The zero-order chi connectivity index (χ0) is 39.4. The number of nitrogens with zero attached hydrogens (tertiary/aromatic N) is 1. The van der Waals surface area contributed by atoms with Crippen LogP contribution in [0.1, 0.15) is 22.3 Å². The summed E-state index contributed by atoms with van der Waals surface area (Å²) in [5.41, 5.74) is 14.1. The van der Waals surface area contributed by atoms with Crippen LogP contribution in [0.25, 0.3) is 65.7 Å². The van der Waals surface area contributed by atoms with E-state index in [2.05, 4.69) is 205 Å². The van der Waals surface area contributed by atoms with Gasteiger partial charge in [-0.2, -0.15) is 0 Å². The molecular formula is C57H35NO2. The number of fused-ring (bicyclic) bond motifs is 16. The largest absolute Gasteiger partial charge is 0.456 e. The third-order valence-electron chi connectivity index (χ3n) is 12.9. The Morgan fingerprint density at radius 2 is 0.950 bits per heavy atom. The molecule has 0 saturated heterocycles. The summed E-state index contributed by atoms with van der Waals surface area (Å²) < 4.78 is 13.5. The minimum absolute atomic E-state index is 0.602.